The molecule has 0 unspecified atom stereocenters. The maximum absolute atomic E-state index is 5.87. The third-order valence-electron chi connectivity index (χ3n) is 3.53. The fourth-order valence-electron chi connectivity index (χ4n) is 2.83. The van der Waals surface area contributed by atoms with Gasteiger partial charge < -0.3 is 10.1 Å². The maximum atomic E-state index is 5.87. The molecule has 92 valence electrons. The normalized spacial score (nSPS) is 21.8. The number of hydrogen-bond acceptors (Lipinski definition) is 2. The molecule has 1 aromatic rings. The molecule has 1 atom stereocenters. The molecular weight excluding hydrogens is 234 g/mol. The molecule has 2 nitrogen and oxygen atoms in total. The van der Waals surface area contributed by atoms with E-state index < -0.39 is 0 Å². The lowest BCUT2D eigenvalue weighted by Crippen LogP contribution is -2.30. The second-order valence-electron chi connectivity index (χ2n) is 4.52. The number of hydrogen-bond donors (Lipinski definition) is 1. The van der Waals surface area contributed by atoms with Gasteiger partial charge in [-0.25, -0.2) is 0 Å². The summed E-state index contributed by atoms with van der Waals surface area (Å²) in [6.45, 7) is 1.78. The largest absolute Gasteiger partial charge is 0.372 e. The highest BCUT2D eigenvalue weighted by Crippen LogP contribution is 2.39. The Balaban J connectivity index is 0.00000108. The highest BCUT2D eigenvalue weighted by Gasteiger charge is 2.30. The second-order valence-corrected chi connectivity index (χ2v) is 4.52. The van der Waals surface area contributed by atoms with Crippen LogP contribution in [0.2, 0.25) is 0 Å². The SMILES string of the molecule is CNC[C@H]1OCCC2=C1c1ccccc1C2.Cl. The van der Waals surface area contributed by atoms with Crippen molar-refractivity contribution in [3.63, 3.8) is 0 Å². The predicted octanol–water partition coefficient (Wildman–Crippen LogP) is 2.43. The highest BCUT2D eigenvalue weighted by atomic mass is 35.5. The summed E-state index contributed by atoms with van der Waals surface area (Å²) in [6, 6.07) is 8.73. The van der Waals surface area contributed by atoms with Crippen molar-refractivity contribution in [2.45, 2.75) is 18.9 Å². The summed E-state index contributed by atoms with van der Waals surface area (Å²) >= 11 is 0. The molecule has 0 saturated carbocycles. The zero-order chi connectivity index (χ0) is 11.0. The fraction of sp³-hybridized carbons (Fsp3) is 0.429. The van der Waals surface area contributed by atoms with E-state index in [0.29, 0.717) is 0 Å². The molecule has 17 heavy (non-hydrogen) atoms. The van der Waals surface area contributed by atoms with E-state index in [-0.39, 0.29) is 18.5 Å². The van der Waals surface area contributed by atoms with Crippen LogP contribution < -0.4 is 5.32 Å². The minimum absolute atomic E-state index is 0. The van der Waals surface area contributed by atoms with Gasteiger partial charge in [-0.2, -0.15) is 0 Å². The molecule has 1 aliphatic carbocycles. The quantitative estimate of drug-likeness (QED) is 0.872. The van der Waals surface area contributed by atoms with Gasteiger partial charge >= 0.3 is 0 Å². The number of likely N-dealkylation sites (N-methyl/N-ethyl adjacent to an activating group) is 1. The zero-order valence-electron chi connectivity index (χ0n) is 10.0. The molecule has 3 heteroatoms. The molecule has 0 amide bonds. The van der Waals surface area contributed by atoms with E-state index >= 15 is 0 Å². The van der Waals surface area contributed by atoms with Crippen LogP contribution in [0.5, 0.6) is 0 Å². The smallest absolute Gasteiger partial charge is 0.0954 e. The lowest BCUT2D eigenvalue weighted by molar-refractivity contribution is 0.0861. The molecule has 0 bridgehead atoms. The van der Waals surface area contributed by atoms with E-state index in [1.807, 2.05) is 7.05 Å². The first kappa shape index (κ1) is 12.6. The Kier molecular flexibility index (Phi) is 3.87. The molecule has 0 aromatic heterocycles. The summed E-state index contributed by atoms with van der Waals surface area (Å²) in [5, 5.41) is 3.22. The summed E-state index contributed by atoms with van der Waals surface area (Å²) in [6.07, 6.45) is 2.48. The van der Waals surface area contributed by atoms with Gasteiger partial charge in [0.2, 0.25) is 0 Å². The van der Waals surface area contributed by atoms with E-state index in [1.54, 1.807) is 5.57 Å². The molecule has 0 saturated heterocycles. The molecule has 3 rings (SSSR count). The van der Waals surface area contributed by atoms with Crippen molar-refractivity contribution >= 4 is 18.0 Å². The topological polar surface area (TPSA) is 21.3 Å². The Bertz CT molecular complexity index is 442. The Hall–Kier alpha value is -0.830. The molecule has 1 N–H and O–H groups in total. The van der Waals surface area contributed by atoms with Gasteiger partial charge in [-0.3, -0.25) is 0 Å². The first-order chi connectivity index (χ1) is 7.90. The second kappa shape index (κ2) is 5.21. The lowest BCUT2D eigenvalue weighted by Gasteiger charge is -2.26. The number of benzene rings is 1. The number of halogens is 1. The first-order valence-electron chi connectivity index (χ1n) is 5.96. The van der Waals surface area contributed by atoms with Crippen molar-refractivity contribution in [2.75, 3.05) is 20.2 Å². The van der Waals surface area contributed by atoms with Crippen LogP contribution in [0.25, 0.3) is 5.57 Å². The maximum Gasteiger partial charge on any atom is 0.0954 e. The molecule has 0 radical (unpaired) electrons. The van der Waals surface area contributed by atoms with Crippen LogP contribution in [0.15, 0.2) is 29.8 Å². The van der Waals surface area contributed by atoms with Crippen molar-refractivity contribution in [3.8, 4) is 0 Å². The molecule has 2 aliphatic rings. The first-order valence-corrected chi connectivity index (χ1v) is 5.96. The predicted molar refractivity (Wildman–Crippen MR) is 72.6 cm³/mol. The monoisotopic (exact) mass is 251 g/mol. The van der Waals surface area contributed by atoms with Crippen molar-refractivity contribution in [1.29, 1.82) is 0 Å². The number of nitrogens with one attached hydrogen (secondary N) is 1. The third-order valence-corrected chi connectivity index (χ3v) is 3.53. The zero-order valence-corrected chi connectivity index (χ0v) is 10.8. The van der Waals surface area contributed by atoms with E-state index in [0.717, 1.165) is 26.0 Å². The average molecular weight is 252 g/mol. The van der Waals surface area contributed by atoms with Crippen LogP contribution in [-0.4, -0.2) is 26.3 Å². The third kappa shape index (κ3) is 2.13. The molecule has 0 fully saturated rings. The number of fused-ring (bicyclic) bond motifs is 2. The minimum Gasteiger partial charge on any atom is -0.372 e. The lowest BCUT2D eigenvalue weighted by atomic mass is 9.97. The van der Waals surface area contributed by atoms with Gasteiger partial charge in [-0.05, 0) is 36.6 Å². The summed E-state index contributed by atoms with van der Waals surface area (Å²) in [5.74, 6) is 0. The van der Waals surface area contributed by atoms with E-state index in [1.165, 1.54) is 16.7 Å². The Labute approximate surface area is 108 Å². The van der Waals surface area contributed by atoms with Crippen molar-refractivity contribution in [1.82, 2.24) is 5.32 Å². The summed E-state index contributed by atoms with van der Waals surface area (Å²) in [7, 11) is 1.99. The van der Waals surface area contributed by atoms with Crippen LogP contribution in [-0.2, 0) is 11.2 Å². The van der Waals surface area contributed by atoms with Gasteiger partial charge in [0.05, 0.1) is 12.7 Å². The van der Waals surface area contributed by atoms with Crippen molar-refractivity contribution < 1.29 is 4.74 Å². The van der Waals surface area contributed by atoms with E-state index in [9.17, 15) is 0 Å². The van der Waals surface area contributed by atoms with Gasteiger partial charge in [0.1, 0.15) is 0 Å². The number of rotatable bonds is 2. The minimum atomic E-state index is 0. The summed E-state index contributed by atoms with van der Waals surface area (Å²) in [5.41, 5.74) is 5.93. The van der Waals surface area contributed by atoms with Crippen molar-refractivity contribution in [3.05, 3.63) is 41.0 Å². The standard InChI is InChI=1S/C14H17NO.ClH/c1-15-9-13-14-11(6-7-16-13)8-10-4-2-3-5-12(10)14;/h2-5,13,15H,6-9H2,1H3;1H/t13-;/m1./s1. The molecule has 1 aliphatic heterocycles. The van der Waals surface area contributed by atoms with Gasteiger partial charge in [0.15, 0.2) is 0 Å². The Morgan fingerprint density at radius 2 is 2.18 bits per heavy atom. The van der Waals surface area contributed by atoms with E-state index in [4.69, 9.17) is 4.74 Å². The number of ether oxygens (including phenoxy) is 1. The fourth-order valence-corrected chi connectivity index (χ4v) is 2.83. The molecule has 1 heterocycles. The van der Waals surface area contributed by atoms with Crippen molar-refractivity contribution in [2.24, 2.45) is 0 Å². The molecular formula is C14H18ClNO. The summed E-state index contributed by atoms with van der Waals surface area (Å²) in [4.78, 5) is 0. The van der Waals surface area contributed by atoms with Gasteiger partial charge in [0, 0.05) is 6.54 Å². The van der Waals surface area contributed by atoms with Crippen LogP contribution in [0, 0.1) is 0 Å². The summed E-state index contributed by atoms with van der Waals surface area (Å²) < 4.78 is 5.87. The van der Waals surface area contributed by atoms with Crippen LogP contribution in [0.1, 0.15) is 17.5 Å². The average Bonchev–Trinajstić information content (AvgIpc) is 2.68. The van der Waals surface area contributed by atoms with Crippen LogP contribution in [0.4, 0.5) is 0 Å². The highest BCUT2D eigenvalue weighted by molar-refractivity contribution is 5.85. The van der Waals surface area contributed by atoms with Gasteiger partial charge in [0.25, 0.3) is 0 Å². The molecule has 1 aromatic carbocycles. The Morgan fingerprint density at radius 1 is 1.35 bits per heavy atom. The van der Waals surface area contributed by atoms with E-state index in [2.05, 4.69) is 29.6 Å². The van der Waals surface area contributed by atoms with Crippen LogP contribution >= 0.6 is 12.4 Å². The Morgan fingerprint density at radius 3 is 3.00 bits per heavy atom. The van der Waals surface area contributed by atoms with Crippen LogP contribution in [0.3, 0.4) is 0 Å². The van der Waals surface area contributed by atoms with Gasteiger partial charge in [-0.1, -0.05) is 29.8 Å². The molecule has 0 spiro atoms. The van der Waals surface area contributed by atoms with Gasteiger partial charge in [-0.15, -0.1) is 12.4 Å².